The molecular formula is C10H9ClO3. The van der Waals surface area contributed by atoms with E-state index in [0.29, 0.717) is 11.5 Å². The summed E-state index contributed by atoms with van der Waals surface area (Å²) in [6.45, 7) is 0. The molecule has 0 bridgehead atoms. The van der Waals surface area contributed by atoms with E-state index in [2.05, 4.69) is 0 Å². The van der Waals surface area contributed by atoms with Crippen molar-refractivity contribution in [1.82, 2.24) is 0 Å². The lowest BCUT2D eigenvalue weighted by Gasteiger charge is -2.07. The first kappa shape index (κ1) is 10.7. The van der Waals surface area contributed by atoms with Crippen LogP contribution in [0, 0.1) is 5.92 Å². The summed E-state index contributed by atoms with van der Waals surface area (Å²) in [5.74, 6) is -2.28. The predicted molar refractivity (Wildman–Crippen MR) is 53.0 cm³/mol. The normalized spacial score (nSPS) is 20.9. The number of carbonyl (C=O) groups is 2. The lowest BCUT2D eigenvalue weighted by molar-refractivity contribution is -0.146. The number of rotatable bonds is 3. The molecule has 0 heterocycles. The Hall–Kier alpha value is -1.35. The van der Waals surface area contributed by atoms with Gasteiger partial charge in [-0.2, -0.15) is 0 Å². The molecule has 1 aliphatic carbocycles. The maximum atomic E-state index is 10.7. The molecule has 1 atom stereocenters. The van der Waals surface area contributed by atoms with Crippen molar-refractivity contribution in [2.75, 3.05) is 0 Å². The van der Waals surface area contributed by atoms with Crippen molar-refractivity contribution in [2.45, 2.75) is 6.42 Å². The summed E-state index contributed by atoms with van der Waals surface area (Å²) in [4.78, 5) is 20.9. The second kappa shape index (κ2) is 4.77. The van der Waals surface area contributed by atoms with Crippen LogP contribution in [0.25, 0.3) is 0 Å². The van der Waals surface area contributed by atoms with Crippen LogP contribution in [0.15, 0.2) is 35.4 Å². The van der Waals surface area contributed by atoms with Gasteiger partial charge in [-0.05, 0) is 24.5 Å². The molecule has 14 heavy (non-hydrogen) atoms. The molecule has 0 amide bonds. The summed E-state index contributed by atoms with van der Waals surface area (Å²) in [6.07, 6.45) is 8.71. The van der Waals surface area contributed by atoms with E-state index in [9.17, 15) is 9.59 Å². The SMILES string of the molecule is O=C(O)C(=O)/C=C/C1C=CC(Cl)=CC1. The first-order valence-corrected chi connectivity index (χ1v) is 4.46. The van der Waals surface area contributed by atoms with Gasteiger partial charge in [0.25, 0.3) is 5.78 Å². The van der Waals surface area contributed by atoms with Gasteiger partial charge in [0.15, 0.2) is 0 Å². The van der Waals surface area contributed by atoms with E-state index in [-0.39, 0.29) is 5.92 Å². The minimum Gasteiger partial charge on any atom is -0.475 e. The van der Waals surface area contributed by atoms with E-state index in [4.69, 9.17) is 16.7 Å². The molecule has 3 nitrogen and oxygen atoms in total. The van der Waals surface area contributed by atoms with E-state index in [0.717, 1.165) is 6.08 Å². The van der Waals surface area contributed by atoms with Crippen LogP contribution in [-0.2, 0) is 9.59 Å². The van der Waals surface area contributed by atoms with Crippen molar-refractivity contribution in [3.8, 4) is 0 Å². The van der Waals surface area contributed by atoms with E-state index in [1.807, 2.05) is 12.2 Å². The third-order valence-corrected chi connectivity index (χ3v) is 2.07. The third-order valence-electron chi connectivity index (χ3n) is 1.79. The van der Waals surface area contributed by atoms with Gasteiger partial charge in [-0.25, -0.2) is 4.79 Å². The summed E-state index contributed by atoms with van der Waals surface area (Å²) in [6, 6.07) is 0. The number of hydrogen-bond donors (Lipinski definition) is 1. The molecule has 0 spiro atoms. The Morgan fingerprint density at radius 3 is 2.79 bits per heavy atom. The number of ketones is 1. The minimum absolute atomic E-state index is 0.0563. The van der Waals surface area contributed by atoms with Crippen molar-refractivity contribution in [3.63, 3.8) is 0 Å². The first-order valence-electron chi connectivity index (χ1n) is 4.09. The Labute approximate surface area is 86.4 Å². The molecule has 0 aromatic heterocycles. The molecular weight excluding hydrogens is 204 g/mol. The Balaban J connectivity index is 2.51. The average molecular weight is 213 g/mol. The number of carbonyl (C=O) groups excluding carboxylic acids is 1. The zero-order valence-corrected chi connectivity index (χ0v) is 8.07. The van der Waals surface area contributed by atoms with Crippen LogP contribution in [0.2, 0.25) is 0 Å². The third kappa shape index (κ3) is 3.18. The molecule has 4 heteroatoms. The van der Waals surface area contributed by atoms with Crippen molar-refractivity contribution in [1.29, 1.82) is 0 Å². The van der Waals surface area contributed by atoms with E-state index in [1.165, 1.54) is 0 Å². The number of aliphatic carboxylic acids is 1. The van der Waals surface area contributed by atoms with E-state index < -0.39 is 11.8 Å². The second-order valence-electron chi connectivity index (χ2n) is 2.88. The Morgan fingerprint density at radius 1 is 1.57 bits per heavy atom. The maximum Gasteiger partial charge on any atom is 0.376 e. The maximum absolute atomic E-state index is 10.7. The summed E-state index contributed by atoms with van der Waals surface area (Å²) in [5, 5.41) is 8.97. The molecule has 0 aromatic rings. The van der Waals surface area contributed by atoms with Crippen LogP contribution in [0.1, 0.15) is 6.42 Å². The van der Waals surface area contributed by atoms with Gasteiger partial charge < -0.3 is 5.11 Å². The van der Waals surface area contributed by atoms with Crippen LogP contribution in [0.5, 0.6) is 0 Å². The molecule has 0 fully saturated rings. The highest BCUT2D eigenvalue weighted by Gasteiger charge is 2.08. The van der Waals surface area contributed by atoms with Crippen LogP contribution in [0.3, 0.4) is 0 Å². The van der Waals surface area contributed by atoms with Gasteiger partial charge in [-0.1, -0.05) is 29.8 Å². The molecule has 1 N–H and O–H groups in total. The topological polar surface area (TPSA) is 54.4 Å². The van der Waals surface area contributed by atoms with Crippen molar-refractivity contribution in [3.05, 3.63) is 35.4 Å². The molecule has 0 radical (unpaired) electrons. The molecule has 74 valence electrons. The largest absolute Gasteiger partial charge is 0.475 e. The van der Waals surface area contributed by atoms with Gasteiger partial charge in [-0.15, -0.1) is 0 Å². The lowest BCUT2D eigenvalue weighted by Crippen LogP contribution is -2.09. The molecule has 0 saturated carbocycles. The Bertz CT molecular complexity index is 339. The number of carboxylic acids is 1. The monoisotopic (exact) mass is 212 g/mol. The quantitative estimate of drug-likeness (QED) is 0.574. The van der Waals surface area contributed by atoms with Crippen molar-refractivity contribution < 1.29 is 14.7 Å². The lowest BCUT2D eigenvalue weighted by atomic mass is 10.00. The molecule has 1 aliphatic rings. The predicted octanol–water partition coefficient (Wildman–Crippen LogP) is 1.90. The van der Waals surface area contributed by atoms with Crippen LogP contribution < -0.4 is 0 Å². The molecule has 0 aliphatic heterocycles. The van der Waals surface area contributed by atoms with Crippen LogP contribution in [0.4, 0.5) is 0 Å². The number of carboxylic acid groups (broad SMARTS) is 1. The molecule has 0 aromatic carbocycles. The van der Waals surface area contributed by atoms with Gasteiger partial charge in [0, 0.05) is 5.03 Å². The van der Waals surface area contributed by atoms with Gasteiger partial charge in [0.1, 0.15) is 0 Å². The fourth-order valence-electron chi connectivity index (χ4n) is 1.04. The highest BCUT2D eigenvalue weighted by Crippen LogP contribution is 2.19. The smallest absolute Gasteiger partial charge is 0.376 e. The van der Waals surface area contributed by atoms with E-state index in [1.54, 1.807) is 12.2 Å². The summed E-state index contributed by atoms with van der Waals surface area (Å²) < 4.78 is 0. The molecule has 1 rings (SSSR count). The first-order chi connectivity index (χ1) is 6.59. The molecule has 0 saturated heterocycles. The number of halogens is 1. The summed E-state index contributed by atoms with van der Waals surface area (Å²) in [5.41, 5.74) is 0. The van der Waals surface area contributed by atoms with Crippen LogP contribution >= 0.6 is 11.6 Å². The van der Waals surface area contributed by atoms with Gasteiger partial charge in [-0.3, -0.25) is 4.79 Å². The fraction of sp³-hybridized carbons (Fsp3) is 0.200. The van der Waals surface area contributed by atoms with Gasteiger partial charge >= 0.3 is 5.97 Å². The van der Waals surface area contributed by atoms with E-state index >= 15 is 0 Å². The molecule has 1 unspecified atom stereocenters. The number of hydrogen-bond acceptors (Lipinski definition) is 2. The van der Waals surface area contributed by atoms with Gasteiger partial charge in [0.2, 0.25) is 0 Å². The minimum atomic E-state index is -1.44. The van der Waals surface area contributed by atoms with Gasteiger partial charge in [0.05, 0.1) is 0 Å². The van der Waals surface area contributed by atoms with Crippen molar-refractivity contribution in [2.24, 2.45) is 5.92 Å². The highest BCUT2D eigenvalue weighted by atomic mass is 35.5. The Morgan fingerprint density at radius 2 is 2.29 bits per heavy atom. The summed E-state index contributed by atoms with van der Waals surface area (Å²) in [7, 11) is 0. The standard InChI is InChI=1S/C10H9ClO3/c11-8-4-1-7(2-5-8)3-6-9(12)10(13)14/h1,3-7H,2H2,(H,13,14)/b6-3+. The Kier molecular flexibility index (Phi) is 3.65. The zero-order valence-electron chi connectivity index (χ0n) is 7.31. The van der Waals surface area contributed by atoms with Crippen molar-refractivity contribution >= 4 is 23.4 Å². The number of allylic oxidation sites excluding steroid dienone is 5. The average Bonchev–Trinajstić information content (AvgIpc) is 2.16. The zero-order chi connectivity index (χ0) is 10.6. The second-order valence-corrected chi connectivity index (χ2v) is 3.31. The van der Waals surface area contributed by atoms with Crippen LogP contribution in [-0.4, -0.2) is 16.9 Å². The summed E-state index contributed by atoms with van der Waals surface area (Å²) >= 11 is 5.68. The highest BCUT2D eigenvalue weighted by molar-refractivity contribution is 6.37. The fourth-order valence-corrected chi connectivity index (χ4v) is 1.20.